The topological polar surface area (TPSA) is 72.5 Å². The predicted octanol–water partition coefficient (Wildman–Crippen LogP) is 3.99. The van der Waals surface area contributed by atoms with Crippen LogP contribution in [0.15, 0.2) is 42.5 Å². The van der Waals surface area contributed by atoms with Crippen LogP contribution in [0.5, 0.6) is 0 Å². The Hall–Kier alpha value is -2.37. The van der Waals surface area contributed by atoms with Crippen LogP contribution >= 0.6 is 23.2 Å². The summed E-state index contributed by atoms with van der Waals surface area (Å²) in [5.41, 5.74) is 1.08. The summed E-state index contributed by atoms with van der Waals surface area (Å²) in [4.78, 5) is 34.7. The highest BCUT2D eigenvalue weighted by Crippen LogP contribution is 2.22. The van der Waals surface area contributed by atoms with Gasteiger partial charge in [0.05, 0.1) is 5.56 Å². The largest absolute Gasteiger partial charge is 0.449 e. The van der Waals surface area contributed by atoms with Crippen molar-refractivity contribution in [1.82, 2.24) is 0 Å². The quantitative estimate of drug-likeness (QED) is 0.642. The van der Waals surface area contributed by atoms with Gasteiger partial charge in [0, 0.05) is 21.3 Å². The first-order valence-electron chi connectivity index (χ1n) is 6.92. The second kappa shape index (κ2) is 7.95. The lowest BCUT2D eigenvalue weighted by Crippen LogP contribution is -2.30. The third-order valence-electron chi connectivity index (χ3n) is 3.07. The minimum atomic E-state index is -1.03. The molecule has 24 heavy (non-hydrogen) atoms. The van der Waals surface area contributed by atoms with Gasteiger partial charge in [0.25, 0.3) is 5.91 Å². The van der Waals surface area contributed by atoms with Gasteiger partial charge in [0.1, 0.15) is 6.29 Å². The van der Waals surface area contributed by atoms with Crippen molar-refractivity contribution in [2.75, 3.05) is 5.32 Å². The molecule has 0 heterocycles. The van der Waals surface area contributed by atoms with E-state index < -0.39 is 18.0 Å². The van der Waals surface area contributed by atoms with Gasteiger partial charge in [0.15, 0.2) is 6.10 Å². The SMILES string of the molecule is C[C@H](OC(=O)c1ccc(C=O)cc1)C(=O)Nc1cc(Cl)cc(Cl)c1. The molecule has 2 rings (SSSR count). The fourth-order valence-electron chi connectivity index (χ4n) is 1.85. The number of hydrogen-bond donors (Lipinski definition) is 1. The highest BCUT2D eigenvalue weighted by molar-refractivity contribution is 6.35. The Bertz CT molecular complexity index is 754. The molecule has 0 saturated carbocycles. The van der Waals surface area contributed by atoms with Crippen molar-refractivity contribution in [1.29, 1.82) is 0 Å². The number of hydrogen-bond acceptors (Lipinski definition) is 4. The number of amides is 1. The summed E-state index contributed by atoms with van der Waals surface area (Å²) >= 11 is 11.7. The van der Waals surface area contributed by atoms with E-state index in [-0.39, 0.29) is 5.56 Å². The van der Waals surface area contributed by atoms with Crippen LogP contribution in [0.4, 0.5) is 5.69 Å². The van der Waals surface area contributed by atoms with Crippen LogP contribution in [0.3, 0.4) is 0 Å². The Morgan fingerprint density at radius 1 is 1.08 bits per heavy atom. The van der Waals surface area contributed by atoms with Crippen LogP contribution in [-0.4, -0.2) is 24.3 Å². The molecule has 7 heteroatoms. The van der Waals surface area contributed by atoms with Crippen molar-refractivity contribution in [2.24, 2.45) is 0 Å². The van der Waals surface area contributed by atoms with Crippen molar-refractivity contribution in [3.8, 4) is 0 Å². The van der Waals surface area contributed by atoms with Crippen LogP contribution in [-0.2, 0) is 9.53 Å². The highest BCUT2D eigenvalue weighted by Gasteiger charge is 2.19. The Balaban J connectivity index is 1.99. The maximum absolute atomic E-state index is 12.1. The molecule has 0 saturated heterocycles. The number of aldehydes is 1. The van der Waals surface area contributed by atoms with Crippen molar-refractivity contribution in [2.45, 2.75) is 13.0 Å². The van der Waals surface area contributed by atoms with Crippen molar-refractivity contribution < 1.29 is 19.1 Å². The summed E-state index contributed by atoms with van der Waals surface area (Å²) in [7, 11) is 0. The van der Waals surface area contributed by atoms with Crippen LogP contribution in [0, 0.1) is 0 Å². The van der Waals surface area contributed by atoms with Gasteiger partial charge in [-0.25, -0.2) is 4.79 Å². The van der Waals surface area contributed by atoms with Crippen molar-refractivity contribution in [3.63, 3.8) is 0 Å². The van der Waals surface area contributed by atoms with Gasteiger partial charge in [-0.1, -0.05) is 35.3 Å². The normalized spacial score (nSPS) is 11.5. The number of anilines is 1. The van der Waals surface area contributed by atoms with Crippen LogP contribution in [0.1, 0.15) is 27.6 Å². The fourth-order valence-corrected chi connectivity index (χ4v) is 2.38. The zero-order chi connectivity index (χ0) is 17.7. The van der Waals surface area contributed by atoms with E-state index in [0.29, 0.717) is 27.6 Å². The first-order valence-corrected chi connectivity index (χ1v) is 7.68. The second-order valence-corrected chi connectivity index (χ2v) is 5.81. The molecule has 0 aliphatic carbocycles. The smallest absolute Gasteiger partial charge is 0.338 e. The third-order valence-corrected chi connectivity index (χ3v) is 3.50. The summed E-state index contributed by atoms with van der Waals surface area (Å²) in [5.74, 6) is -1.19. The van der Waals surface area contributed by atoms with Gasteiger partial charge < -0.3 is 10.1 Å². The van der Waals surface area contributed by atoms with Gasteiger partial charge in [-0.2, -0.15) is 0 Å². The molecule has 2 aromatic carbocycles. The van der Waals surface area contributed by atoms with Crippen molar-refractivity contribution >= 4 is 47.1 Å². The molecular formula is C17H13Cl2NO4. The zero-order valence-electron chi connectivity index (χ0n) is 12.6. The van der Waals surface area contributed by atoms with Gasteiger partial charge in [-0.3, -0.25) is 9.59 Å². The average molecular weight is 366 g/mol. The molecule has 124 valence electrons. The molecule has 0 unspecified atom stereocenters. The van der Waals surface area contributed by atoms with Gasteiger partial charge >= 0.3 is 5.97 Å². The predicted molar refractivity (Wildman–Crippen MR) is 91.8 cm³/mol. The van der Waals surface area contributed by atoms with E-state index in [4.69, 9.17) is 27.9 Å². The number of halogens is 2. The molecule has 1 atom stereocenters. The monoisotopic (exact) mass is 365 g/mol. The van der Waals surface area contributed by atoms with Crippen molar-refractivity contribution in [3.05, 3.63) is 63.6 Å². The number of esters is 1. The van der Waals surface area contributed by atoms with Crippen LogP contribution in [0.25, 0.3) is 0 Å². The molecule has 0 radical (unpaired) electrons. The molecule has 0 fully saturated rings. The van der Waals surface area contributed by atoms with Crippen LogP contribution < -0.4 is 5.32 Å². The van der Waals surface area contributed by atoms with Crippen LogP contribution in [0.2, 0.25) is 10.0 Å². The maximum atomic E-state index is 12.1. The van der Waals surface area contributed by atoms with Gasteiger partial charge in [0.2, 0.25) is 0 Å². The lowest BCUT2D eigenvalue weighted by molar-refractivity contribution is -0.123. The standard InChI is InChI=1S/C17H13Cl2NO4/c1-10(16(22)20-15-7-13(18)6-14(19)8-15)24-17(23)12-4-2-11(9-21)3-5-12/h2-10H,1H3,(H,20,22)/t10-/m0/s1. The second-order valence-electron chi connectivity index (χ2n) is 4.93. The maximum Gasteiger partial charge on any atom is 0.338 e. The molecule has 0 aromatic heterocycles. The molecule has 1 N–H and O–H groups in total. The third kappa shape index (κ3) is 4.81. The van der Waals surface area contributed by atoms with E-state index in [0.717, 1.165) is 0 Å². The Morgan fingerprint density at radius 3 is 2.21 bits per heavy atom. The number of rotatable bonds is 5. The lowest BCUT2D eigenvalue weighted by Gasteiger charge is -2.14. The van der Waals surface area contributed by atoms with E-state index >= 15 is 0 Å². The summed E-state index contributed by atoms with van der Waals surface area (Å²) in [6.45, 7) is 1.44. The highest BCUT2D eigenvalue weighted by atomic mass is 35.5. The minimum absolute atomic E-state index is 0.242. The fraction of sp³-hybridized carbons (Fsp3) is 0.118. The molecular weight excluding hydrogens is 353 g/mol. The summed E-state index contributed by atoms with van der Waals surface area (Å²) < 4.78 is 5.10. The van der Waals surface area contributed by atoms with Gasteiger partial charge in [-0.15, -0.1) is 0 Å². The molecule has 0 bridgehead atoms. The van der Waals surface area contributed by atoms with E-state index in [1.165, 1.54) is 49.4 Å². The lowest BCUT2D eigenvalue weighted by atomic mass is 10.1. The van der Waals surface area contributed by atoms with E-state index in [2.05, 4.69) is 5.32 Å². The van der Waals surface area contributed by atoms with E-state index in [1.807, 2.05) is 0 Å². The minimum Gasteiger partial charge on any atom is -0.449 e. The Morgan fingerprint density at radius 2 is 1.67 bits per heavy atom. The molecule has 0 spiro atoms. The molecule has 0 aliphatic rings. The first kappa shape index (κ1) is 18.0. The Labute approximate surface area is 148 Å². The summed E-state index contributed by atoms with van der Waals surface area (Å²) in [5, 5.41) is 3.31. The molecule has 0 aliphatic heterocycles. The summed E-state index contributed by atoms with van der Waals surface area (Å²) in [6, 6.07) is 10.5. The summed E-state index contributed by atoms with van der Waals surface area (Å²) in [6.07, 6.45) is -0.359. The average Bonchev–Trinajstić information content (AvgIpc) is 2.53. The number of ether oxygens (including phenoxy) is 1. The number of carbonyl (C=O) groups excluding carboxylic acids is 3. The first-order chi connectivity index (χ1) is 11.4. The Kier molecular flexibility index (Phi) is 5.95. The number of benzene rings is 2. The van der Waals surface area contributed by atoms with E-state index in [1.54, 1.807) is 0 Å². The number of nitrogens with one attached hydrogen (secondary N) is 1. The van der Waals surface area contributed by atoms with E-state index in [9.17, 15) is 14.4 Å². The zero-order valence-corrected chi connectivity index (χ0v) is 14.1. The molecule has 5 nitrogen and oxygen atoms in total. The molecule has 1 amide bonds. The van der Waals surface area contributed by atoms with Gasteiger partial charge in [-0.05, 0) is 37.3 Å². The number of carbonyl (C=O) groups is 3. The molecule has 2 aromatic rings.